The first-order valence-corrected chi connectivity index (χ1v) is 5.93. The molecular formula is C16H14O2. The van der Waals surface area contributed by atoms with Crippen LogP contribution in [0.2, 0.25) is 0 Å². The fraction of sp³-hybridized carbons (Fsp3) is 0.188. The highest BCUT2D eigenvalue weighted by Crippen LogP contribution is 2.16. The summed E-state index contributed by atoms with van der Waals surface area (Å²) in [5.41, 5.74) is 0.562. The van der Waals surface area contributed by atoms with Crippen molar-refractivity contribution in [2.45, 2.75) is 13.3 Å². The molecule has 0 N–H and O–H groups in total. The van der Waals surface area contributed by atoms with Crippen molar-refractivity contribution in [3.05, 3.63) is 48.0 Å². The molecule has 18 heavy (non-hydrogen) atoms. The molecule has 0 saturated carbocycles. The van der Waals surface area contributed by atoms with E-state index in [0.29, 0.717) is 5.56 Å². The summed E-state index contributed by atoms with van der Waals surface area (Å²) in [6.07, 6.45) is 0.771. The number of hydrogen-bond donors (Lipinski definition) is 0. The Balaban J connectivity index is 2.13. The van der Waals surface area contributed by atoms with Crippen LogP contribution in [0.5, 0.6) is 0 Å². The zero-order chi connectivity index (χ0) is 12.8. The molecule has 0 aliphatic rings. The molecule has 2 rings (SSSR count). The maximum atomic E-state index is 11.8. The predicted molar refractivity (Wildman–Crippen MR) is 72.3 cm³/mol. The average Bonchev–Trinajstić information content (AvgIpc) is 2.43. The van der Waals surface area contributed by atoms with Gasteiger partial charge in [0.1, 0.15) is 0 Å². The van der Waals surface area contributed by atoms with Crippen LogP contribution in [0.15, 0.2) is 42.5 Å². The summed E-state index contributed by atoms with van der Waals surface area (Å²) in [6.45, 7) is 2.11. The molecule has 0 unspecified atom stereocenters. The van der Waals surface area contributed by atoms with E-state index in [4.69, 9.17) is 4.74 Å². The minimum atomic E-state index is -0.328. The smallest absolute Gasteiger partial charge is 0.339 e. The maximum Gasteiger partial charge on any atom is 0.339 e. The van der Waals surface area contributed by atoms with Gasteiger partial charge < -0.3 is 4.74 Å². The third-order valence-corrected chi connectivity index (χ3v) is 2.56. The molecule has 2 aromatic carbocycles. The molecule has 0 bridgehead atoms. The fourth-order valence-corrected chi connectivity index (χ4v) is 1.68. The van der Waals surface area contributed by atoms with Gasteiger partial charge in [0, 0.05) is 6.42 Å². The van der Waals surface area contributed by atoms with Crippen LogP contribution in [0.4, 0.5) is 0 Å². The number of benzene rings is 2. The average molecular weight is 238 g/mol. The monoisotopic (exact) mass is 238 g/mol. The van der Waals surface area contributed by atoms with Crippen LogP contribution in [0.1, 0.15) is 23.7 Å². The first-order chi connectivity index (χ1) is 8.81. The lowest BCUT2D eigenvalue weighted by molar-refractivity contribution is 0.0557. The normalized spacial score (nSPS) is 9.61. The van der Waals surface area contributed by atoms with Crippen molar-refractivity contribution >= 4 is 16.7 Å². The van der Waals surface area contributed by atoms with E-state index in [-0.39, 0.29) is 12.6 Å². The zero-order valence-electron chi connectivity index (χ0n) is 10.3. The highest BCUT2D eigenvalue weighted by molar-refractivity contribution is 5.95. The summed E-state index contributed by atoms with van der Waals surface area (Å²) in [6, 6.07) is 13.4. The van der Waals surface area contributed by atoms with E-state index in [1.54, 1.807) is 6.07 Å². The van der Waals surface area contributed by atoms with E-state index in [0.717, 1.165) is 17.2 Å². The van der Waals surface area contributed by atoms with Gasteiger partial charge in [-0.05, 0) is 22.9 Å². The van der Waals surface area contributed by atoms with E-state index < -0.39 is 0 Å². The van der Waals surface area contributed by atoms with Crippen LogP contribution in [0.3, 0.4) is 0 Å². The van der Waals surface area contributed by atoms with Crippen LogP contribution in [0.25, 0.3) is 10.8 Å². The molecule has 2 aromatic rings. The summed E-state index contributed by atoms with van der Waals surface area (Å²) < 4.78 is 5.07. The minimum absolute atomic E-state index is 0.152. The van der Waals surface area contributed by atoms with Gasteiger partial charge in [-0.15, -0.1) is 5.92 Å². The van der Waals surface area contributed by atoms with Gasteiger partial charge in [-0.3, -0.25) is 0 Å². The number of rotatable bonds is 2. The largest absolute Gasteiger partial charge is 0.449 e. The second-order valence-electron chi connectivity index (χ2n) is 3.85. The van der Waals surface area contributed by atoms with Crippen LogP contribution in [-0.2, 0) is 4.74 Å². The summed E-state index contributed by atoms with van der Waals surface area (Å²) in [5, 5.41) is 2.14. The predicted octanol–water partition coefficient (Wildman–Crippen LogP) is 3.41. The topological polar surface area (TPSA) is 26.3 Å². The van der Waals surface area contributed by atoms with Crippen molar-refractivity contribution in [3.8, 4) is 11.8 Å². The Bertz CT molecular complexity index is 618. The van der Waals surface area contributed by atoms with Crippen molar-refractivity contribution < 1.29 is 9.53 Å². The Morgan fingerprint density at radius 1 is 1.11 bits per heavy atom. The number of carbonyl (C=O) groups excluding carboxylic acids is 1. The lowest BCUT2D eigenvalue weighted by Crippen LogP contribution is -2.05. The van der Waals surface area contributed by atoms with Gasteiger partial charge in [0.05, 0.1) is 5.56 Å². The van der Waals surface area contributed by atoms with Gasteiger partial charge >= 0.3 is 5.97 Å². The second kappa shape index (κ2) is 5.88. The molecule has 0 heterocycles. The molecule has 2 nitrogen and oxygen atoms in total. The molecule has 0 aromatic heterocycles. The van der Waals surface area contributed by atoms with Crippen molar-refractivity contribution in [2.24, 2.45) is 0 Å². The van der Waals surface area contributed by atoms with Gasteiger partial charge in [-0.25, -0.2) is 4.79 Å². The van der Waals surface area contributed by atoms with Crippen LogP contribution in [-0.4, -0.2) is 12.6 Å². The fourth-order valence-electron chi connectivity index (χ4n) is 1.68. The summed E-state index contributed by atoms with van der Waals surface area (Å²) in [4.78, 5) is 11.8. The summed E-state index contributed by atoms with van der Waals surface area (Å²) in [7, 11) is 0. The number of fused-ring (bicyclic) bond motifs is 1. The Morgan fingerprint density at radius 3 is 2.67 bits per heavy atom. The van der Waals surface area contributed by atoms with Crippen molar-refractivity contribution in [1.29, 1.82) is 0 Å². The Hall–Kier alpha value is -2.27. The minimum Gasteiger partial charge on any atom is -0.449 e. The molecule has 2 heteroatoms. The van der Waals surface area contributed by atoms with Gasteiger partial charge in [-0.1, -0.05) is 43.2 Å². The first kappa shape index (κ1) is 12.2. The third-order valence-electron chi connectivity index (χ3n) is 2.56. The third kappa shape index (κ3) is 2.89. The molecule has 0 radical (unpaired) electrons. The maximum absolute atomic E-state index is 11.8. The Kier molecular flexibility index (Phi) is 3.98. The molecule has 0 amide bonds. The van der Waals surface area contributed by atoms with Crippen LogP contribution in [0, 0.1) is 11.8 Å². The van der Waals surface area contributed by atoms with E-state index in [9.17, 15) is 4.79 Å². The number of ether oxygens (including phenoxy) is 1. The number of hydrogen-bond acceptors (Lipinski definition) is 2. The van der Waals surface area contributed by atoms with Gasteiger partial charge in [0.2, 0.25) is 0 Å². The SMILES string of the molecule is CCC#CCOC(=O)c1ccc2ccccc2c1. The van der Waals surface area contributed by atoms with E-state index in [1.165, 1.54) is 0 Å². The molecule has 0 atom stereocenters. The highest BCUT2D eigenvalue weighted by atomic mass is 16.5. The zero-order valence-corrected chi connectivity index (χ0v) is 10.3. The Morgan fingerprint density at radius 2 is 1.89 bits per heavy atom. The number of carbonyl (C=O) groups is 1. The molecule has 0 spiro atoms. The van der Waals surface area contributed by atoms with Crippen LogP contribution < -0.4 is 0 Å². The molecule has 0 aliphatic carbocycles. The molecule has 0 aliphatic heterocycles. The molecule has 0 fully saturated rings. The highest BCUT2D eigenvalue weighted by Gasteiger charge is 2.06. The molecular weight excluding hydrogens is 224 g/mol. The van der Waals surface area contributed by atoms with Gasteiger partial charge in [-0.2, -0.15) is 0 Å². The summed E-state index contributed by atoms with van der Waals surface area (Å²) >= 11 is 0. The van der Waals surface area contributed by atoms with Gasteiger partial charge in [0.25, 0.3) is 0 Å². The quantitative estimate of drug-likeness (QED) is 0.592. The van der Waals surface area contributed by atoms with E-state index in [2.05, 4.69) is 11.8 Å². The summed E-state index contributed by atoms with van der Waals surface area (Å²) in [5.74, 6) is 5.31. The molecule has 90 valence electrons. The lowest BCUT2D eigenvalue weighted by Gasteiger charge is -2.03. The van der Waals surface area contributed by atoms with E-state index in [1.807, 2.05) is 43.3 Å². The Labute approximate surface area is 107 Å². The van der Waals surface area contributed by atoms with Crippen molar-refractivity contribution in [2.75, 3.05) is 6.61 Å². The van der Waals surface area contributed by atoms with Crippen LogP contribution >= 0.6 is 0 Å². The van der Waals surface area contributed by atoms with Crippen molar-refractivity contribution in [3.63, 3.8) is 0 Å². The first-order valence-electron chi connectivity index (χ1n) is 5.93. The van der Waals surface area contributed by atoms with Crippen molar-refractivity contribution in [1.82, 2.24) is 0 Å². The lowest BCUT2D eigenvalue weighted by atomic mass is 10.1. The standard InChI is InChI=1S/C16H14O2/c1-2-3-6-11-18-16(17)15-10-9-13-7-4-5-8-14(13)12-15/h4-5,7-10,12H,2,11H2,1H3. The molecule has 0 saturated heterocycles. The number of esters is 1. The second-order valence-corrected chi connectivity index (χ2v) is 3.85. The van der Waals surface area contributed by atoms with Gasteiger partial charge in [0.15, 0.2) is 6.61 Å². The van der Waals surface area contributed by atoms with E-state index >= 15 is 0 Å².